The lowest BCUT2D eigenvalue weighted by Crippen LogP contribution is -2.49. The molecule has 4 rings (SSSR count). The van der Waals surface area contributed by atoms with Crippen LogP contribution in [0.25, 0.3) is 0 Å². The molecular weight excluding hydrogens is 575 g/mol. The van der Waals surface area contributed by atoms with E-state index in [1.54, 1.807) is 0 Å². The smallest absolute Gasteiger partial charge is 0.471 e. The van der Waals surface area contributed by atoms with Crippen LogP contribution in [0.4, 0.5) is 24.7 Å². The van der Waals surface area contributed by atoms with Crippen LogP contribution in [0, 0.1) is 16.0 Å². The van der Waals surface area contributed by atoms with Crippen molar-refractivity contribution >= 4 is 33.3 Å². The van der Waals surface area contributed by atoms with Crippen LogP contribution in [0.15, 0.2) is 41.3 Å². The number of nitro groups is 1. The number of carbonyl (C=O) groups is 2. The van der Waals surface area contributed by atoms with Gasteiger partial charge < -0.3 is 20.1 Å². The fraction of sp³-hybridized carbons (Fsp3) is 0.458. The first-order valence-corrected chi connectivity index (χ1v) is 14.0. The molecule has 1 aromatic heterocycles. The van der Waals surface area contributed by atoms with Gasteiger partial charge in [0, 0.05) is 18.7 Å². The lowest BCUT2D eigenvalue weighted by molar-refractivity contribution is -0.387. The summed E-state index contributed by atoms with van der Waals surface area (Å²) in [5.74, 6) is -2.76. The maximum absolute atomic E-state index is 13.5. The Morgan fingerprint density at radius 2 is 1.90 bits per heavy atom. The number of aliphatic hydroxyl groups is 1. The number of alkyl halides is 3. The van der Waals surface area contributed by atoms with E-state index in [1.807, 2.05) is 0 Å². The molecule has 3 N–H and O–H groups in total. The number of hydrogen-bond donors (Lipinski definition) is 3. The zero-order valence-corrected chi connectivity index (χ0v) is 22.2. The third kappa shape index (κ3) is 7.09. The number of nitrogens with zero attached hydrogens (tertiary/aromatic N) is 3. The Bertz CT molecular complexity index is 1430. The quantitative estimate of drug-likeness (QED) is 0.286. The molecule has 1 aromatic carbocycles. The molecule has 1 aliphatic carbocycles. The summed E-state index contributed by atoms with van der Waals surface area (Å²) in [6.45, 7) is -1.19. The molecule has 0 radical (unpaired) electrons. The lowest BCUT2D eigenvalue weighted by atomic mass is 9.82. The van der Waals surface area contributed by atoms with Crippen LogP contribution in [0.5, 0.6) is 5.75 Å². The molecule has 0 spiro atoms. The number of nitro benzene ring substituents is 1. The molecule has 41 heavy (non-hydrogen) atoms. The predicted octanol–water partition coefficient (Wildman–Crippen LogP) is 2.11. The number of aliphatic hydroxyl groups excluding tert-OH is 1. The van der Waals surface area contributed by atoms with Gasteiger partial charge in [-0.05, 0) is 49.8 Å². The Kier molecular flexibility index (Phi) is 8.79. The third-order valence-corrected chi connectivity index (χ3v) is 8.40. The Morgan fingerprint density at radius 1 is 1.22 bits per heavy atom. The standard InChI is InChI=1S/C24H26F3N5O8S/c25-24(26,27)23(35)31(12-15-7-10-19-22(29-15)30-21(34)13-40-19)16-8-5-14(6-9-16)18(33)11-28-41(38,39)20-4-2-1-3-17(20)32(36)37/h1-4,7,10,14,16,18,28,33H,5-6,8-9,11-13H2,(H,29,30,34). The highest BCUT2D eigenvalue weighted by molar-refractivity contribution is 7.89. The molecule has 0 bridgehead atoms. The van der Waals surface area contributed by atoms with E-state index in [2.05, 4.69) is 15.0 Å². The van der Waals surface area contributed by atoms with Gasteiger partial charge in [-0.1, -0.05) is 12.1 Å². The van der Waals surface area contributed by atoms with E-state index in [9.17, 15) is 46.4 Å². The number of pyridine rings is 1. The van der Waals surface area contributed by atoms with Crippen LogP contribution in [0.1, 0.15) is 31.4 Å². The first-order chi connectivity index (χ1) is 19.3. The SMILES string of the molecule is O=C1COc2ccc(CN(C(=O)C(F)(F)F)C3CCC(C(O)CNS(=O)(=O)c4ccccc4[N+](=O)[O-])CC3)nc2N1. The second kappa shape index (κ2) is 12.0. The number of para-hydroxylation sites is 1. The number of sulfonamides is 1. The van der Waals surface area contributed by atoms with Crippen molar-refractivity contribution < 1.29 is 45.9 Å². The number of aromatic nitrogens is 1. The maximum Gasteiger partial charge on any atom is 0.471 e. The fourth-order valence-electron chi connectivity index (χ4n) is 4.87. The summed E-state index contributed by atoms with van der Waals surface area (Å²) < 4.78 is 73.0. The van der Waals surface area contributed by atoms with Gasteiger partial charge in [0.1, 0.15) is 0 Å². The predicted molar refractivity (Wildman–Crippen MR) is 135 cm³/mol. The van der Waals surface area contributed by atoms with E-state index in [-0.39, 0.29) is 49.6 Å². The van der Waals surface area contributed by atoms with Gasteiger partial charge in [-0.2, -0.15) is 13.2 Å². The summed E-state index contributed by atoms with van der Waals surface area (Å²) in [4.78, 5) is 38.5. The van der Waals surface area contributed by atoms with Crippen molar-refractivity contribution in [2.45, 2.75) is 55.4 Å². The molecule has 0 saturated heterocycles. The number of amides is 2. The van der Waals surface area contributed by atoms with Crippen molar-refractivity contribution in [1.29, 1.82) is 0 Å². The Balaban J connectivity index is 1.40. The highest BCUT2D eigenvalue weighted by Gasteiger charge is 2.45. The van der Waals surface area contributed by atoms with E-state index in [0.717, 1.165) is 12.1 Å². The second-order valence-corrected chi connectivity index (χ2v) is 11.4. The first kappa shape index (κ1) is 30.1. The number of hydrogen-bond acceptors (Lipinski definition) is 9. The minimum absolute atomic E-state index is 0.0354. The van der Waals surface area contributed by atoms with Crippen molar-refractivity contribution in [1.82, 2.24) is 14.6 Å². The van der Waals surface area contributed by atoms with E-state index in [0.29, 0.717) is 4.90 Å². The number of rotatable bonds is 9. The minimum atomic E-state index is -5.15. The molecule has 2 aliphatic rings. The highest BCUT2D eigenvalue weighted by atomic mass is 32.2. The molecule has 1 saturated carbocycles. The number of anilines is 1. The highest BCUT2D eigenvalue weighted by Crippen LogP contribution is 2.34. The number of halogens is 3. The minimum Gasteiger partial charge on any atom is -0.480 e. The molecule has 17 heteroatoms. The Labute approximate surface area is 231 Å². The number of benzene rings is 1. The first-order valence-electron chi connectivity index (χ1n) is 12.5. The summed E-state index contributed by atoms with van der Waals surface area (Å²) in [5.41, 5.74) is -0.536. The zero-order valence-electron chi connectivity index (χ0n) is 21.3. The van der Waals surface area contributed by atoms with Gasteiger partial charge >= 0.3 is 12.1 Å². The summed E-state index contributed by atoms with van der Waals surface area (Å²) in [6, 6.07) is 6.70. The summed E-state index contributed by atoms with van der Waals surface area (Å²) in [7, 11) is -4.34. The maximum atomic E-state index is 13.5. The number of fused-ring (bicyclic) bond motifs is 1. The zero-order chi connectivity index (χ0) is 29.9. The average molecular weight is 602 g/mol. The molecule has 13 nitrogen and oxygen atoms in total. The van der Waals surface area contributed by atoms with Gasteiger partial charge in [-0.15, -0.1) is 0 Å². The van der Waals surface area contributed by atoms with Crippen molar-refractivity contribution in [3.63, 3.8) is 0 Å². The van der Waals surface area contributed by atoms with Crippen LogP contribution in [0.3, 0.4) is 0 Å². The van der Waals surface area contributed by atoms with Crippen LogP contribution in [0.2, 0.25) is 0 Å². The van der Waals surface area contributed by atoms with Gasteiger partial charge in [-0.3, -0.25) is 19.7 Å². The summed E-state index contributed by atoms with van der Waals surface area (Å²) >= 11 is 0. The lowest BCUT2D eigenvalue weighted by Gasteiger charge is -2.38. The van der Waals surface area contributed by atoms with Gasteiger partial charge in [0.2, 0.25) is 10.0 Å². The second-order valence-electron chi connectivity index (χ2n) is 9.63. The summed E-state index contributed by atoms with van der Waals surface area (Å²) in [6.07, 6.45) is -5.84. The fourth-order valence-corrected chi connectivity index (χ4v) is 6.09. The van der Waals surface area contributed by atoms with Crippen LogP contribution in [-0.2, 0) is 26.2 Å². The Hall–Kier alpha value is -3.83. The topological polar surface area (TPSA) is 181 Å². The van der Waals surface area contributed by atoms with E-state index < -0.39 is 74.7 Å². The largest absolute Gasteiger partial charge is 0.480 e. The molecule has 2 amide bonds. The van der Waals surface area contributed by atoms with E-state index in [1.165, 1.54) is 24.3 Å². The average Bonchev–Trinajstić information content (AvgIpc) is 2.93. The van der Waals surface area contributed by atoms with Gasteiger partial charge in [0.15, 0.2) is 23.1 Å². The van der Waals surface area contributed by atoms with Crippen molar-refractivity contribution in [2.75, 3.05) is 18.5 Å². The summed E-state index contributed by atoms with van der Waals surface area (Å²) in [5, 5.41) is 24.3. The Morgan fingerprint density at radius 3 is 2.56 bits per heavy atom. The number of nitrogens with one attached hydrogen (secondary N) is 2. The number of carbonyl (C=O) groups excluding carboxylic acids is 2. The number of ether oxygens (including phenoxy) is 1. The van der Waals surface area contributed by atoms with Crippen molar-refractivity contribution in [2.24, 2.45) is 5.92 Å². The normalized spacial score (nSPS) is 19.9. The van der Waals surface area contributed by atoms with Crippen molar-refractivity contribution in [3.05, 3.63) is 52.2 Å². The molecule has 2 aromatic rings. The molecular formula is C24H26F3N5O8S. The van der Waals surface area contributed by atoms with Crippen LogP contribution in [-0.4, -0.2) is 71.6 Å². The molecule has 222 valence electrons. The monoisotopic (exact) mass is 601 g/mol. The molecule has 1 aliphatic heterocycles. The molecule has 1 unspecified atom stereocenters. The van der Waals surface area contributed by atoms with Gasteiger partial charge in [0.25, 0.3) is 11.6 Å². The van der Waals surface area contributed by atoms with Crippen molar-refractivity contribution in [3.8, 4) is 5.75 Å². The molecule has 1 fully saturated rings. The van der Waals surface area contributed by atoms with Crippen LogP contribution >= 0.6 is 0 Å². The van der Waals surface area contributed by atoms with Crippen LogP contribution < -0.4 is 14.8 Å². The molecule has 2 heterocycles. The third-order valence-electron chi connectivity index (χ3n) is 6.93. The van der Waals surface area contributed by atoms with Gasteiger partial charge in [0.05, 0.1) is 23.3 Å². The molecule has 1 atom stereocenters. The van der Waals surface area contributed by atoms with E-state index in [4.69, 9.17) is 4.74 Å². The van der Waals surface area contributed by atoms with Gasteiger partial charge in [-0.25, -0.2) is 18.1 Å². The van der Waals surface area contributed by atoms with E-state index >= 15 is 0 Å².